The number of rotatable bonds is 6. The monoisotopic (exact) mass is 409 g/mol. The molecule has 4 rings (SSSR count). The Bertz CT molecular complexity index is 1000. The molecule has 1 aliphatic rings. The second-order valence-corrected chi connectivity index (χ2v) is 7.41. The summed E-state index contributed by atoms with van der Waals surface area (Å²) in [5.74, 6) is 1.22. The second-order valence-electron chi connectivity index (χ2n) is 6.38. The van der Waals surface area contributed by atoms with E-state index in [9.17, 15) is 9.59 Å². The molecule has 0 atom stereocenters. The number of hydrogen-bond acceptors (Lipinski definition) is 5. The number of thiophene rings is 1. The summed E-state index contributed by atoms with van der Waals surface area (Å²) >= 11 is 1.61. The van der Waals surface area contributed by atoms with Crippen LogP contribution >= 0.6 is 11.3 Å². The first kappa shape index (κ1) is 18.8. The fraction of sp³-hybridized carbons (Fsp3) is 0.143. The van der Waals surface area contributed by atoms with Gasteiger partial charge in [-0.05, 0) is 41.3 Å². The Balaban J connectivity index is 1.26. The lowest BCUT2D eigenvalue weighted by atomic mass is 10.1. The van der Waals surface area contributed by atoms with Crippen molar-refractivity contribution in [1.82, 2.24) is 5.32 Å². The van der Waals surface area contributed by atoms with E-state index < -0.39 is 0 Å². The van der Waals surface area contributed by atoms with Gasteiger partial charge in [-0.1, -0.05) is 18.2 Å². The molecule has 2 aromatic carbocycles. The van der Waals surface area contributed by atoms with Gasteiger partial charge >= 0.3 is 6.03 Å². The van der Waals surface area contributed by atoms with Gasteiger partial charge in [0, 0.05) is 22.3 Å². The third-order valence-corrected chi connectivity index (χ3v) is 5.12. The van der Waals surface area contributed by atoms with Crippen LogP contribution in [0.1, 0.15) is 10.4 Å². The van der Waals surface area contributed by atoms with E-state index in [1.807, 2.05) is 29.6 Å². The first-order chi connectivity index (χ1) is 14.2. The minimum absolute atomic E-state index is 0.0420. The molecule has 0 saturated heterocycles. The van der Waals surface area contributed by atoms with E-state index in [0.29, 0.717) is 29.4 Å². The summed E-state index contributed by atoms with van der Waals surface area (Å²) in [6.45, 7) is 0.722. The lowest BCUT2D eigenvalue weighted by Gasteiger charge is -2.09. The number of nitrogens with one attached hydrogen (secondary N) is 3. The van der Waals surface area contributed by atoms with Gasteiger partial charge in [0.15, 0.2) is 11.5 Å². The van der Waals surface area contributed by atoms with Crippen LogP contribution in [0.4, 0.5) is 16.2 Å². The van der Waals surface area contributed by atoms with Crippen LogP contribution in [0, 0.1) is 0 Å². The van der Waals surface area contributed by atoms with Gasteiger partial charge in [-0.2, -0.15) is 0 Å². The van der Waals surface area contributed by atoms with Crippen molar-refractivity contribution >= 4 is 34.6 Å². The van der Waals surface area contributed by atoms with E-state index in [-0.39, 0.29) is 25.2 Å². The van der Waals surface area contributed by atoms with E-state index >= 15 is 0 Å². The van der Waals surface area contributed by atoms with E-state index in [1.54, 1.807) is 41.7 Å². The zero-order chi connectivity index (χ0) is 20.1. The van der Waals surface area contributed by atoms with E-state index in [1.165, 1.54) is 0 Å². The molecule has 8 heteroatoms. The zero-order valence-corrected chi connectivity index (χ0v) is 16.3. The summed E-state index contributed by atoms with van der Waals surface area (Å²) in [7, 11) is 0. The minimum atomic E-state index is -0.370. The highest BCUT2D eigenvalue weighted by molar-refractivity contribution is 7.09. The highest BCUT2D eigenvalue weighted by Gasteiger charge is 2.14. The number of urea groups is 1. The molecule has 1 aromatic heterocycles. The predicted octanol–water partition coefficient (Wildman–Crippen LogP) is 3.98. The Morgan fingerprint density at radius 3 is 2.48 bits per heavy atom. The van der Waals surface area contributed by atoms with Crippen LogP contribution in [0.3, 0.4) is 0 Å². The number of fused-ring (bicyclic) bond motifs is 1. The first-order valence-corrected chi connectivity index (χ1v) is 9.89. The standard InChI is InChI=1S/C21H19N3O4S/c25-20(22-12-17-2-1-9-29-17)10-14-3-5-15(6-4-14)23-21(26)24-16-7-8-18-19(11-16)28-13-27-18/h1-9,11H,10,12-13H2,(H,22,25)(H2,23,24,26). The molecule has 0 unspecified atom stereocenters. The predicted molar refractivity (Wildman–Crippen MR) is 112 cm³/mol. The number of hydrogen-bond donors (Lipinski definition) is 3. The summed E-state index contributed by atoms with van der Waals surface area (Å²) in [6.07, 6.45) is 0.287. The third-order valence-electron chi connectivity index (χ3n) is 4.25. The number of carbonyl (C=O) groups is 2. The Morgan fingerprint density at radius 2 is 1.69 bits per heavy atom. The number of anilines is 2. The van der Waals surface area contributed by atoms with Crippen molar-refractivity contribution in [3.63, 3.8) is 0 Å². The third kappa shape index (κ3) is 5.05. The summed E-state index contributed by atoms with van der Waals surface area (Å²) in [5, 5.41) is 10.4. The smallest absolute Gasteiger partial charge is 0.323 e. The molecule has 29 heavy (non-hydrogen) atoms. The molecule has 0 radical (unpaired) electrons. The van der Waals surface area contributed by atoms with Crippen LogP contribution in [0.25, 0.3) is 0 Å². The number of benzene rings is 2. The maximum atomic E-state index is 12.2. The van der Waals surface area contributed by atoms with Crippen molar-refractivity contribution in [2.24, 2.45) is 0 Å². The summed E-state index contributed by atoms with van der Waals surface area (Å²) in [4.78, 5) is 25.4. The first-order valence-electron chi connectivity index (χ1n) is 9.01. The molecule has 7 nitrogen and oxygen atoms in total. The van der Waals surface area contributed by atoms with Crippen LogP contribution in [0.2, 0.25) is 0 Å². The van der Waals surface area contributed by atoms with Crippen LogP contribution in [0.15, 0.2) is 60.0 Å². The molecule has 0 spiro atoms. The highest BCUT2D eigenvalue weighted by Crippen LogP contribution is 2.34. The van der Waals surface area contributed by atoms with Crippen LogP contribution < -0.4 is 25.4 Å². The Hall–Kier alpha value is -3.52. The molecule has 0 fully saturated rings. The summed E-state index contributed by atoms with van der Waals surface area (Å²) in [6, 6.07) is 15.9. The van der Waals surface area contributed by atoms with Gasteiger partial charge < -0.3 is 25.4 Å². The average Bonchev–Trinajstić information content (AvgIpc) is 3.39. The van der Waals surface area contributed by atoms with Crippen molar-refractivity contribution in [3.8, 4) is 11.5 Å². The Kier molecular flexibility index (Phi) is 5.62. The van der Waals surface area contributed by atoms with Crippen molar-refractivity contribution in [3.05, 3.63) is 70.4 Å². The molecule has 1 aliphatic heterocycles. The SMILES string of the molecule is O=C(Cc1ccc(NC(=O)Nc2ccc3c(c2)OCO3)cc1)NCc1cccs1. The molecular formula is C21H19N3O4S. The van der Waals surface area contributed by atoms with Gasteiger partial charge in [0.2, 0.25) is 12.7 Å². The molecule has 148 valence electrons. The van der Waals surface area contributed by atoms with Crippen molar-refractivity contribution in [2.75, 3.05) is 17.4 Å². The van der Waals surface area contributed by atoms with Crippen LogP contribution in [-0.4, -0.2) is 18.7 Å². The average molecular weight is 409 g/mol. The number of amides is 3. The molecule has 3 amide bonds. The van der Waals surface area contributed by atoms with Gasteiger partial charge in [0.05, 0.1) is 13.0 Å². The molecule has 0 saturated carbocycles. The van der Waals surface area contributed by atoms with Gasteiger partial charge in [-0.15, -0.1) is 11.3 Å². The van der Waals surface area contributed by atoms with Crippen molar-refractivity contribution in [1.29, 1.82) is 0 Å². The molecule has 0 bridgehead atoms. The summed E-state index contributed by atoms with van der Waals surface area (Å²) in [5.41, 5.74) is 2.10. The van der Waals surface area contributed by atoms with E-state index in [4.69, 9.17) is 9.47 Å². The fourth-order valence-corrected chi connectivity index (χ4v) is 3.46. The topological polar surface area (TPSA) is 88.7 Å². The van der Waals surface area contributed by atoms with Crippen molar-refractivity contribution < 1.29 is 19.1 Å². The summed E-state index contributed by atoms with van der Waals surface area (Å²) < 4.78 is 10.5. The molecule has 2 heterocycles. The van der Waals surface area contributed by atoms with Crippen molar-refractivity contribution in [2.45, 2.75) is 13.0 Å². The Morgan fingerprint density at radius 1 is 0.931 bits per heavy atom. The van der Waals surface area contributed by atoms with Crippen LogP contribution in [-0.2, 0) is 17.8 Å². The number of carbonyl (C=O) groups excluding carboxylic acids is 2. The molecule has 0 aliphatic carbocycles. The normalized spacial score (nSPS) is 11.7. The quantitative estimate of drug-likeness (QED) is 0.575. The van der Waals surface area contributed by atoms with Crippen LogP contribution in [0.5, 0.6) is 11.5 Å². The van der Waals surface area contributed by atoms with E-state index in [2.05, 4.69) is 16.0 Å². The molecule has 3 aromatic rings. The fourth-order valence-electron chi connectivity index (χ4n) is 2.82. The van der Waals surface area contributed by atoms with Gasteiger partial charge in [0.1, 0.15) is 0 Å². The number of ether oxygens (including phenoxy) is 2. The Labute approximate surface area is 171 Å². The maximum absolute atomic E-state index is 12.2. The van der Waals surface area contributed by atoms with Gasteiger partial charge in [-0.3, -0.25) is 4.79 Å². The lowest BCUT2D eigenvalue weighted by Crippen LogP contribution is -2.24. The molecule has 3 N–H and O–H groups in total. The maximum Gasteiger partial charge on any atom is 0.323 e. The molecular weight excluding hydrogens is 390 g/mol. The second kappa shape index (κ2) is 8.66. The van der Waals surface area contributed by atoms with Gasteiger partial charge in [0.25, 0.3) is 0 Å². The lowest BCUT2D eigenvalue weighted by molar-refractivity contribution is -0.120. The van der Waals surface area contributed by atoms with Gasteiger partial charge in [-0.25, -0.2) is 4.79 Å². The largest absolute Gasteiger partial charge is 0.454 e. The zero-order valence-electron chi connectivity index (χ0n) is 15.4. The highest BCUT2D eigenvalue weighted by atomic mass is 32.1. The van der Waals surface area contributed by atoms with E-state index in [0.717, 1.165) is 10.4 Å². The minimum Gasteiger partial charge on any atom is -0.454 e.